The van der Waals surface area contributed by atoms with Crippen LogP contribution in [0.25, 0.3) is 0 Å². The number of halogens is 3. The summed E-state index contributed by atoms with van der Waals surface area (Å²) in [5.74, 6) is -1.70. The van der Waals surface area contributed by atoms with E-state index in [-0.39, 0.29) is 0 Å². The standard InChI is InChI=1S/C6H3F3N2O2/c7-6(8,9)4-3(5(12)13)1-10-2-11-4/h1-2H,(H,12,13). The highest BCUT2D eigenvalue weighted by atomic mass is 19.4. The molecule has 1 aromatic rings. The lowest BCUT2D eigenvalue weighted by Crippen LogP contribution is -2.15. The Labute approximate surface area is 70.1 Å². The van der Waals surface area contributed by atoms with Crippen molar-refractivity contribution >= 4 is 5.97 Å². The molecule has 0 aromatic carbocycles. The van der Waals surface area contributed by atoms with Crippen LogP contribution in [0.1, 0.15) is 16.1 Å². The lowest BCUT2D eigenvalue weighted by molar-refractivity contribution is -0.141. The van der Waals surface area contributed by atoms with E-state index in [1.54, 1.807) is 0 Å². The molecular weight excluding hydrogens is 189 g/mol. The van der Waals surface area contributed by atoms with Gasteiger partial charge in [0.15, 0.2) is 5.69 Å². The van der Waals surface area contributed by atoms with Gasteiger partial charge in [0, 0.05) is 6.20 Å². The zero-order valence-corrected chi connectivity index (χ0v) is 6.04. The third-order valence-electron chi connectivity index (χ3n) is 1.21. The minimum absolute atomic E-state index is 0.609. The lowest BCUT2D eigenvalue weighted by atomic mass is 10.2. The van der Waals surface area contributed by atoms with E-state index in [0.29, 0.717) is 12.5 Å². The Hall–Kier alpha value is -1.66. The second-order valence-corrected chi connectivity index (χ2v) is 2.09. The molecule has 1 N–H and O–H groups in total. The van der Waals surface area contributed by atoms with Crippen molar-refractivity contribution in [3.8, 4) is 0 Å². The molecule has 0 saturated heterocycles. The Morgan fingerprint density at radius 1 is 1.46 bits per heavy atom. The molecule has 13 heavy (non-hydrogen) atoms. The van der Waals surface area contributed by atoms with Crippen molar-refractivity contribution in [2.24, 2.45) is 0 Å². The Morgan fingerprint density at radius 2 is 2.08 bits per heavy atom. The predicted octanol–water partition coefficient (Wildman–Crippen LogP) is 1.19. The lowest BCUT2D eigenvalue weighted by Gasteiger charge is -2.06. The first-order valence-electron chi connectivity index (χ1n) is 3.03. The van der Waals surface area contributed by atoms with Crippen LogP contribution in [-0.4, -0.2) is 21.0 Å². The number of carboxylic acid groups (broad SMARTS) is 1. The van der Waals surface area contributed by atoms with Gasteiger partial charge in [-0.15, -0.1) is 0 Å². The molecule has 1 rings (SSSR count). The van der Waals surface area contributed by atoms with Gasteiger partial charge in [-0.25, -0.2) is 14.8 Å². The normalized spacial score (nSPS) is 11.3. The fourth-order valence-corrected chi connectivity index (χ4v) is 0.712. The summed E-state index contributed by atoms with van der Waals surface area (Å²) in [5.41, 5.74) is -2.38. The Morgan fingerprint density at radius 3 is 2.46 bits per heavy atom. The summed E-state index contributed by atoms with van der Waals surface area (Å²) >= 11 is 0. The van der Waals surface area contributed by atoms with Crippen LogP contribution in [0.4, 0.5) is 13.2 Å². The number of carboxylic acids is 1. The smallest absolute Gasteiger partial charge is 0.434 e. The minimum atomic E-state index is -4.77. The van der Waals surface area contributed by atoms with Crippen molar-refractivity contribution in [3.05, 3.63) is 23.8 Å². The second-order valence-electron chi connectivity index (χ2n) is 2.09. The Kier molecular flexibility index (Phi) is 2.18. The van der Waals surface area contributed by atoms with Gasteiger partial charge in [0.2, 0.25) is 0 Å². The van der Waals surface area contributed by atoms with Crippen LogP contribution in [0.15, 0.2) is 12.5 Å². The van der Waals surface area contributed by atoms with E-state index in [2.05, 4.69) is 9.97 Å². The first kappa shape index (κ1) is 9.43. The predicted molar refractivity (Wildman–Crippen MR) is 34.0 cm³/mol. The highest BCUT2D eigenvalue weighted by Crippen LogP contribution is 2.29. The van der Waals surface area contributed by atoms with Gasteiger partial charge in [0.05, 0.1) is 0 Å². The molecule has 1 aromatic heterocycles. The van der Waals surface area contributed by atoms with E-state index in [1.807, 2.05) is 0 Å². The Bertz CT molecular complexity index is 337. The largest absolute Gasteiger partial charge is 0.478 e. The quantitative estimate of drug-likeness (QED) is 0.725. The summed E-state index contributed by atoms with van der Waals surface area (Å²) in [7, 11) is 0. The first-order valence-corrected chi connectivity index (χ1v) is 3.03. The van der Waals surface area contributed by atoms with Gasteiger partial charge >= 0.3 is 12.1 Å². The molecule has 0 amide bonds. The van der Waals surface area contributed by atoms with Gasteiger partial charge in [-0.1, -0.05) is 0 Å². The average molecular weight is 192 g/mol. The molecule has 4 nitrogen and oxygen atoms in total. The number of nitrogens with zero attached hydrogens (tertiary/aromatic N) is 2. The molecule has 0 saturated carbocycles. The maximum absolute atomic E-state index is 12.1. The van der Waals surface area contributed by atoms with Crippen LogP contribution in [-0.2, 0) is 6.18 Å². The molecule has 0 spiro atoms. The van der Waals surface area contributed by atoms with Crippen LogP contribution in [0.3, 0.4) is 0 Å². The molecule has 0 fully saturated rings. The molecule has 0 atom stereocenters. The third kappa shape index (κ3) is 1.92. The number of carbonyl (C=O) groups is 1. The van der Waals surface area contributed by atoms with E-state index in [1.165, 1.54) is 0 Å². The van der Waals surface area contributed by atoms with Crippen LogP contribution in [0, 0.1) is 0 Å². The molecule has 0 aliphatic carbocycles. The van der Waals surface area contributed by atoms with Crippen molar-refractivity contribution in [1.82, 2.24) is 9.97 Å². The first-order chi connectivity index (χ1) is 5.93. The summed E-state index contributed by atoms with van der Waals surface area (Å²) in [6.45, 7) is 0. The number of aromatic carboxylic acids is 1. The maximum atomic E-state index is 12.1. The number of alkyl halides is 3. The summed E-state index contributed by atoms with van der Waals surface area (Å²) < 4.78 is 36.2. The SMILES string of the molecule is O=C(O)c1cncnc1C(F)(F)F. The van der Waals surface area contributed by atoms with Crippen LogP contribution in [0.5, 0.6) is 0 Å². The number of hydrogen-bond donors (Lipinski definition) is 1. The molecule has 7 heteroatoms. The molecule has 0 aliphatic rings. The summed E-state index contributed by atoms with van der Waals surface area (Å²) in [6, 6.07) is 0. The zero-order valence-electron chi connectivity index (χ0n) is 6.04. The summed E-state index contributed by atoms with van der Waals surface area (Å²) in [5, 5.41) is 8.35. The average Bonchev–Trinajstić information content (AvgIpc) is 2.03. The van der Waals surface area contributed by atoms with Crippen molar-refractivity contribution in [3.63, 3.8) is 0 Å². The highest BCUT2D eigenvalue weighted by Gasteiger charge is 2.37. The molecule has 0 bridgehead atoms. The molecule has 70 valence electrons. The highest BCUT2D eigenvalue weighted by molar-refractivity contribution is 5.88. The van der Waals surface area contributed by atoms with Gasteiger partial charge in [0.1, 0.15) is 11.9 Å². The maximum Gasteiger partial charge on any atom is 0.434 e. The summed E-state index contributed by atoms with van der Waals surface area (Å²) in [6.07, 6.45) is -3.51. The van der Waals surface area contributed by atoms with Crippen molar-refractivity contribution < 1.29 is 23.1 Å². The zero-order chi connectivity index (χ0) is 10.1. The van der Waals surface area contributed by atoms with Gasteiger partial charge in [-0.2, -0.15) is 13.2 Å². The molecule has 0 unspecified atom stereocenters. The fraction of sp³-hybridized carbons (Fsp3) is 0.167. The Balaban J connectivity index is 3.28. The topological polar surface area (TPSA) is 63.1 Å². The van der Waals surface area contributed by atoms with Crippen LogP contribution >= 0.6 is 0 Å². The van der Waals surface area contributed by atoms with Crippen molar-refractivity contribution in [2.45, 2.75) is 6.18 Å². The van der Waals surface area contributed by atoms with Crippen molar-refractivity contribution in [2.75, 3.05) is 0 Å². The van der Waals surface area contributed by atoms with Crippen LogP contribution < -0.4 is 0 Å². The van der Waals surface area contributed by atoms with Crippen molar-refractivity contribution in [1.29, 1.82) is 0 Å². The monoisotopic (exact) mass is 192 g/mol. The second kappa shape index (κ2) is 3.00. The van der Waals surface area contributed by atoms with Crippen LogP contribution in [0.2, 0.25) is 0 Å². The van der Waals surface area contributed by atoms with E-state index in [4.69, 9.17) is 5.11 Å². The van der Waals surface area contributed by atoms with Gasteiger partial charge in [-0.3, -0.25) is 0 Å². The fourth-order valence-electron chi connectivity index (χ4n) is 0.712. The number of aromatic nitrogens is 2. The van der Waals surface area contributed by atoms with Gasteiger partial charge in [0.25, 0.3) is 0 Å². The molecular formula is C6H3F3N2O2. The molecule has 1 heterocycles. The summed E-state index contributed by atoms with van der Waals surface area (Å²) in [4.78, 5) is 16.3. The van der Waals surface area contributed by atoms with E-state index >= 15 is 0 Å². The van der Waals surface area contributed by atoms with Gasteiger partial charge in [-0.05, 0) is 0 Å². The van der Waals surface area contributed by atoms with E-state index < -0.39 is 23.4 Å². The number of hydrogen-bond acceptors (Lipinski definition) is 3. The van der Waals surface area contributed by atoms with E-state index in [9.17, 15) is 18.0 Å². The molecule has 0 aliphatic heterocycles. The minimum Gasteiger partial charge on any atom is -0.478 e. The number of rotatable bonds is 1. The molecule has 0 radical (unpaired) electrons. The van der Waals surface area contributed by atoms with Gasteiger partial charge < -0.3 is 5.11 Å². The van der Waals surface area contributed by atoms with E-state index in [0.717, 1.165) is 0 Å². The third-order valence-corrected chi connectivity index (χ3v) is 1.21.